The standard InChI is InChI=1S/C19H21NO3/c1-2-13-7-9-15(10-8-13)23-12-18(22)20-19-16-6-4-3-5-14(16)11-17(19)21/h3-10,17,19,21H,2,11-12H2,1H3,(H,20,22)/t17-,19+/m0/s1. The van der Waals surface area contributed by atoms with Crippen LogP contribution in [0.1, 0.15) is 29.7 Å². The second kappa shape index (κ2) is 6.84. The number of carbonyl (C=O) groups is 1. The Balaban J connectivity index is 1.57. The number of ether oxygens (including phenoxy) is 1. The molecule has 4 heteroatoms. The zero-order chi connectivity index (χ0) is 16.2. The van der Waals surface area contributed by atoms with Crippen LogP contribution in [-0.4, -0.2) is 23.7 Å². The molecule has 0 aromatic heterocycles. The average Bonchev–Trinajstić information content (AvgIpc) is 2.89. The number of amides is 1. The number of aliphatic hydroxyl groups excluding tert-OH is 1. The van der Waals surface area contributed by atoms with Gasteiger partial charge in [-0.15, -0.1) is 0 Å². The van der Waals surface area contributed by atoms with E-state index in [0.717, 1.165) is 17.5 Å². The molecule has 0 unspecified atom stereocenters. The monoisotopic (exact) mass is 311 g/mol. The first-order valence-electron chi connectivity index (χ1n) is 7.94. The largest absolute Gasteiger partial charge is 0.484 e. The van der Waals surface area contributed by atoms with Gasteiger partial charge in [-0.05, 0) is 35.2 Å². The molecule has 0 fully saturated rings. The summed E-state index contributed by atoms with van der Waals surface area (Å²) in [5, 5.41) is 13.0. The molecule has 0 radical (unpaired) electrons. The molecule has 1 aliphatic carbocycles. The van der Waals surface area contributed by atoms with Crippen molar-refractivity contribution in [2.24, 2.45) is 0 Å². The average molecular weight is 311 g/mol. The summed E-state index contributed by atoms with van der Waals surface area (Å²) in [7, 11) is 0. The minimum Gasteiger partial charge on any atom is -0.484 e. The highest BCUT2D eigenvalue weighted by Gasteiger charge is 2.31. The predicted octanol–water partition coefficient (Wildman–Crippen LogP) is 2.40. The third-order valence-electron chi connectivity index (χ3n) is 4.22. The van der Waals surface area contributed by atoms with Crippen LogP contribution in [0.2, 0.25) is 0 Å². The second-order valence-corrected chi connectivity index (χ2v) is 5.80. The van der Waals surface area contributed by atoms with Crippen molar-refractivity contribution in [2.75, 3.05) is 6.61 Å². The molecule has 2 N–H and O–H groups in total. The van der Waals surface area contributed by atoms with Crippen molar-refractivity contribution < 1.29 is 14.6 Å². The Kier molecular flexibility index (Phi) is 4.63. The number of hydrogen-bond acceptors (Lipinski definition) is 3. The van der Waals surface area contributed by atoms with Crippen LogP contribution in [0.4, 0.5) is 0 Å². The summed E-state index contributed by atoms with van der Waals surface area (Å²) in [6.45, 7) is 2.03. The Bertz CT molecular complexity index is 681. The third-order valence-corrected chi connectivity index (χ3v) is 4.22. The maximum absolute atomic E-state index is 12.1. The highest BCUT2D eigenvalue weighted by Crippen LogP contribution is 2.31. The number of carbonyl (C=O) groups excluding carboxylic acids is 1. The first kappa shape index (κ1) is 15.6. The number of benzene rings is 2. The molecule has 2 atom stereocenters. The zero-order valence-electron chi connectivity index (χ0n) is 13.2. The molecule has 23 heavy (non-hydrogen) atoms. The number of rotatable bonds is 5. The van der Waals surface area contributed by atoms with Crippen molar-refractivity contribution in [2.45, 2.75) is 31.9 Å². The minimum atomic E-state index is -0.583. The lowest BCUT2D eigenvalue weighted by Gasteiger charge is -2.18. The van der Waals surface area contributed by atoms with E-state index >= 15 is 0 Å². The number of hydrogen-bond donors (Lipinski definition) is 2. The van der Waals surface area contributed by atoms with Crippen molar-refractivity contribution in [1.82, 2.24) is 5.32 Å². The summed E-state index contributed by atoms with van der Waals surface area (Å²) in [5.74, 6) is 0.440. The maximum Gasteiger partial charge on any atom is 0.258 e. The molecule has 2 aromatic carbocycles. The van der Waals surface area contributed by atoms with Gasteiger partial charge in [0.1, 0.15) is 5.75 Å². The summed E-state index contributed by atoms with van der Waals surface area (Å²) >= 11 is 0. The lowest BCUT2D eigenvalue weighted by molar-refractivity contribution is -0.124. The van der Waals surface area contributed by atoms with Gasteiger partial charge in [0.15, 0.2) is 6.61 Å². The predicted molar refractivity (Wildman–Crippen MR) is 88.4 cm³/mol. The Hall–Kier alpha value is -2.33. The maximum atomic E-state index is 12.1. The minimum absolute atomic E-state index is 0.0587. The van der Waals surface area contributed by atoms with E-state index in [-0.39, 0.29) is 18.6 Å². The highest BCUT2D eigenvalue weighted by molar-refractivity contribution is 5.78. The SMILES string of the molecule is CCc1ccc(OCC(=O)N[C@@H]2c3ccccc3C[C@@H]2O)cc1. The summed E-state index contributed by atoms with van der Waals surface area (Å²) in [6.07, 6.45) is 0.959. The van der Waals surface area contributed by atoms with Crippen LogP contribution in [-0.2, 0) is 17.6 Å². The molecule has 0 spiro atoms. The van der Waals surface area contributed by atoms with Crippen molar-refractivity contribution in [3.05, 3.63) is 65.2 Å². The quantitative estimate of drug-likeness (QED) is 0.891. The van der Waals surface area contributed by atoms with E-state index < -0.39 is 6.10 Å². The fraction of sp³-hybridized carbons (Fsp3) is 0.316. The number of fused-ring (bicyclic) bond motifs is 1. The molecule has 1 aliphatic rings. The van der Waals surface area contributed by atoms with Crippen LogP contribution in [0.5, 0.6) is 5.75 Å². The van der Waals surface area contributed by atoms with E-state index in [0.29, 0.717) is 12.2 Å². The van der Waals surface area contributed by atoms with E-state index in [1.54, 1.807) is 0 Å². The molecule has 0 aliphatic heterocycles. The van der Waals surface area contributed by atoms with Crippen molar-refractivity contribution in [1.29, 1.82) is 0 Å². The van der Waals surface area contributed by atoms with E-state index in [1.165, 1.54) is 5.56 Å². The highest BCUT2D eigenvalue weighted by atomic mass is 16.5. The Morgan fingerprint density at radius 1 is 1.22 bits per heavy atom. The topological polar surface area (TPSA) is 58.6 Å². The number of nitrogens with one attached hydrogen (secondary N) is 1. The van der Waals surface area contributed by atoms with Gasteiger partial charge in [0.05, 0.1) is 12.1 Å². The summed E-state index contributed by atoms with van der Waals surface area (Å²) in [5.41, 5.74) is 3.30. The van der Waals surface area contributed by atoms with Gasteiger partial charge < -0.3 is 15.2 Å². The molecule has 0 saturated heterocycles. The van der Waals surface area contributed by atoms with Gasteiger partial charge in [-0.1, -0.05) is 43.3 Å². The van der Waals surface area contributed by atoms with Crippen LogP contribution < -0.4 is 10.1 Å². The molecule has 0 heterocycles. The van der Waals surface area contributed by atoms with Crippen LogP contribution in [0.3, 0.4) is 0 Å². The lowest BCUT2D eigenvalue weighted by Crippen LogP contribution is -2.36. The normalized spacial score (nSPS) is 19.2. The second-order valence-electron chi connectivity index (χ2n) is 5.80. The summed E-state index contributed by atoms with van der Waals surface area (Å²) in [4.78, 5) is 12.1. The van der Waals surface area contributed by atoms with E-state index in [4.69, 9.17) is 4.74 Å². The number of aliphatic hydroxyl groups is 1. The summed E-state index contributed by atoms with van der Waals surface area (Å²) < 4.78 is 5.51. The van der Waals surface area contributed by atoms with Gasteiger partial charge in [0.2, 0.25) is 0 Å². The molecule has 4 nitrogen and oxygen atoms in total. The van der Waals surface area contributed by atoms with E-state index in [2.05, 4.69) is 12.2 Å². The first-order chi connectivity index (χ1) is 11.2. The molecular weight excluding hydrogens is 290 g/mol. The van der Waals surface area contributed by atoms with Gasteiger partial charge in [0, 0.05) is 6.42 Å². The molecule has 1 amide bonds. The molecule has 2 aromatic rings. The summed E-state index contributed by atoms with van der Waals surface area (Å²) in [6, 6.07) is 15.1. The van der Waals surface area contributed by atoms with Crippen molar-refractivity contribution in [3.63, 3.8) is 0 Å². The van der Waals surface area contributed by atoms with Crippen molar-refractivity contribution in [3.8, 4) is 5.75 Å². The van der Waals surface area contributed by atoms with Gasteiger partial charge >= 0.3 is 0 Å². The van der Waals surface area contributed by atoms with Crippen LogP contribution in [0.15, 0.2) is 48.5 Å². The molecule has 3 rings (SSSR count). The fourth-order valence-electron chi connectivity index (χ4n) is 2.93. The van der Waals surface area contributed by atoms with Crippen LogP contribution in [0, 0.1) is 0 Å². The van der Waals surface area contributed by atoms with Gasteiger partial charge in [-0.25, -0.2) is 0 Å². The Labute approximate surface area is 136 Å². The van der Waals surface area contributed by atoms with E-state index in [1.807, 2.05) is 48.5 Å². The first-order valence-corrected chi connectivity index (χ1v) is 7.94. The smallest absolute Gasteiger partial charge is 0.258 e. The molecule has 0 bridgehead atoms. The Morgan fingerprint density at radius 2 is 1.96 bits per heavy atom. The fourth-order valence-corrected chi connectivity index (χ4v) is 2.93. The van der Waals surface area contributed by atoms with E-state index in [9.17, 15) is 9.90 Å². The van der Waals surface area contributed by atoms with Crippen LogP contribution in [0.25, 0.3) is 0 Å². The van der Waals surface area contributed by atoms with Crippen LogP contribution >= 0.6 is 0 Å². The van der Waals surface area contributed by atoms with Crippen molar-refractivity contribution >= 4 is 5.91 Å². The zero-order valence-corrected chi connectivity index (χ0v) is 13.2. The number of aryl methyl sites for hydroxylation is 1. The van der Waals surface area contributed by atoms with Gasteiger partial charge in [-0.3, -0.25) is 4.79 Å². The molecular formula is C19H21NO3. The third kappa shape index (κ3) is 3.54. The molecule has 0 saturated carbocycles. The lowest BCUT2D eigenvalue weighted by atomic mass is 10.1. The van der Waals surface area contributed by atoms with Gasteiger partial charge in [-0.2, -0.15) is 0 Å². The van der Waals surface area contributed by atoms with Gasteiger partial charge in [0.25, 0.3) is 5.91 Å². The molecule has 120 valence electrons. The Morgan fingerprint density at radius 3 is 2.70 bits per heavy atom.